The van der Waals surface area contributed by atoms with Gasteiger partial charge in [-0.25, -0.2) is 4.98 Å². The highest BCUT2D eigenvalue weighted by atomic mass is 35.5. The summed E-state index contributed by atoms with van der Waals surface area (Å²) in [5.74, 6) is 1.22. The maximum absolute atomic E-state index is 6.10. The maximum Gasteiger partial charge on any atom is 0.109 e. The number of nitrogens with zero attached hydrogens (tertiary/aromatic N) is 2. The Hall–Kier alpha value is -1.02. The quantitative estimate of drug-likeness (QED) is 0.666. The molecule has 0 bridgehead atoms. The lowest BCUT2D eigenvalue weighted by atomic mass is 10.1. The van der Waals surface area contributed by atoms with E-state index in [2.05, 4.69) is 10.6 Å². The fraction of sp³-hybridized carbons (Fsp3) is 0.417. The molecule has 0 aliphatic carbocycles. The number of hydrogen-bond donors (Lipinski definition) is 0. The summed E-state index contributed by atoms with van der Waals surface area (Å²) >= 11 is 6.10. The van der Waals surface area contributed by atoms with Crippen LogP contribution in [0.4, 0.5) is 0 Å². The fourth-order valence-corrected chi connectivity index (χ4v) is 2.49. The Balaban J connectivity index is 2.36. The standard InChI is InChI=1S/C12H13ClN2/c1-8-9(13)5-6-10-12(8)14-11-4-2-3-7-15(10)11/h5-6H,2-4,7H2,1H3. The summed E-state index contributed by atoms with van der Waals surface area (Å²) in [4.78, 5) is 4.69. The zero-order chi connectivity index (χ0) is 10.4. The van der Waals surface area contributed by atoms with Gasteiger partial charge < -0.3 is 4.57 Å². The van der Waals surface area contributed by atoms with E-state index in [1.807, 2.05) is 13.0 Å². The molecule has 0 radical (unpaired) electrons. The Labute approximate surface area is 93.9 Å². The van der Waals surface area contributed by atoms with Crippen molar-refractivity contribution >= 4 is 22.6 Å². The van der Waals surface area contributed by atoms with Crippen LogP contribution in [0.1, 0.15) is 24.2 Å². The van der Waals surface area contributed by atoms with Crippen molar-refractivity contribution in [2.45, 2.75) is 32.7 Å². The predicted octanol–water partition coefficient (Wildman–Crippen LogP) is 3.33. The smallest absolute Gasteiger partial charge is 0.109 e. The van der Waals surface area contributed by atoms with Gasteiger partial charge in [-0.1, -0.05) is 11.6 Å². The highest BCUT2D eigenvalue weighted by Gasteiger charge is 2.16. The van der Waals surface area contributed by atoms with Gasteiger partial charge in [0.15, 0.2) is 0 Å². The number of aryl methyl sites for hydroxylation is 3. The lowest BCUT2D eigenvalue weighted by Crippen LogP contribution is -2.09. The van der Waals surface area contributed by atoms with Crippen molar-refractivity contribution in [2.75, 3.05) is 0 Å². The first-order chi connectivity index (χ1) is 7.27. The van der Waals surface area contributed by atoms with Crippen LogP contribution in [0.3, 0.4) is 0 Å². The van der Waals surface area contributed by atoms with Gasteiger partial charge in [0.05, 0.1) is 11.0 Å². The Kier molecular flexibility index (Phi) is 1.99. The monoisotopic (exact) mass is 220 g/mol. The summed E-state index contributed by atoms with van der Waals surface area (Å²) in [5, 5.41) is 0.818. The van der Waals surface area contributed by atoms with Crippen LogP contribution < -0.4 is 0 Å². The van der Waals surface area contributed by atoms with Crippen molar-refractivity contribution in [3.05, 3.63) is 28.5 Å². The van der Waals surface area contributed by atoms with Crippen molar-refractivity contribution in [2.24, 2.45) is 0 Å². The third-order valence-corrected chi connectivity index (χ3v) is 3.63. The first-order valence-electron chi connectivity index (χ1n) is 5.41. The minimum Gasteiger partial charge on any atom is -0.328 e. The van der Waals surface area contributed by atoms with E-state index < -0.39 is 0 Å². The molecule has 0 N–H and O–H groups in total. The Morgan fingerprint density at radius 3 is 3.07 bits per heavy atom. The number of hydrogen-bond acceptors (Lipinski definition) is 1. The van der Waals surface area contributed by atoms with E-state index in [0.29, 0.717) is 0 Å². The molecular weight excluding hydrogens is 208 g/mol. The zero-order valence-corrected chi connectivity index (χ0v) is 9.51. The molecule has 15 heavy (non-hydrogen) atoms. The summed E-state index contributed by atoms with van der Waals surface area (Å²) in [6.45, 7) is 3.15. The van der Waals surface area contributed by atoms with Gasteiger partial charge in [0.1, 0.15) is 5.82 Å². The third-order valence-electron chi connectivity index (χ3n) is 3.22. The molecule has 1 aromatic carbocycles. The van der Waals surface area contributed by atoms with Crippen LogP contribution in [0, 0.1) is 6.92 Å². The van der Waals surface area contributed by atoms with Gasteiger partial charge in [-0.2, -0.15) is 0 Å². The van der Waals surface area contributed by atoms with Crippen molar-refractivity contribution in [3.63, 3.8) is 0 Å². The number of fused-ring (bicyclic) bond motifs is 3. The molecule has 1 aromatic heterocycles. The number of aromatic nitrogens is 2. The molecule has 0 amide bonds. The molecule has 1 aliphatic rings. The number of imidazole rings is 1. The van der Waals surface area contributed by atoms with Crippen molar-refractivity contribution in [1.29, 1.82) is 0 Å². The zero-order valence-electron chi connectivity index (χ0n) is 8.76. The molecule has 0 unspecified atom stereocenters. The van der Waals surface area contributed by atoms with E-state index in [1.54, 1.807) is 0 Å². The molecule has 0 spiro atoms. The molecule has 78 valence electrons. The summed E-state index contributed by atoms with van der Waals surface area (Å²) in [5.41, 5.74) is 3.43. The maximum atomic E-state index is 6.10. The molecule has 3 heteroatoms. The van der Waals surface area contributed by atoms with Gasteiger partial charge in [0, 0.05) is 18.0 Å². The van der Waals surface area contributed by atoms with Crippen LogP contribution in [-0.4, -0.2) is 9.55 Å². The van der Waals surface area contributed by atoms with Crippen molar-refractivity contribution in [3.8, 4) is 0 Å². The van der Waals surface area contributed by atoms with E-state index in [4.69, 9.17) is 16.6 Å². The molecule has 1 aliphatic heterocycles. The van der Waals surface area contributed by atoms with E-state index >= 15 is 0 Å². The molecule has 0 atom stereocenters. The van der Waals surface area contributed by atoms with E-state index in [1.165, 1.54) is 24.2 Å². The van der Waals surface area contributed by atoms with E-state index in [0.717, 1.165) is 29.1 Å². The topological polar surface area (TPSA) is 17.8 Å². The van der Waals surface area contributed by atoms with Crippen LogP contribution >= 0.6 is 11.6 Å². The van der Waals surface area contributed by atoms with Gasteiger partial charge in [0.2, 0.25) is 0 Å². The normalized spacial score (nSPS) is 15.6. The second-order valence-corrected chi connectivity index (χ2v) is 4.58. The van der Waals surface area contributed by atoms with Crippen LogP contribution in [0.15, 0.2) is 12.1 Å². The average molecular weight is 221 g/mol. The molecule has 3 rings (SSSR count). The molecule has 2 nitrogen and oxygen atoms in total. The summed E-state index contributed by atoms with van der Waals surface area (Å²) in [6.07, 6.45) is 3.63. The lowest BCUT2D eigenvalue weighted by Gasteiger charge is -2.13. The van der Waals surface area contributed by atoms with Gasteiger partial charge in [-0.05, 0) is 37.5 Å². The first-order valence-corrected chi connectivity index (χ1v) is 5.79. The van der Waals surface area contributed by atoms with Crippen LogP contribution in [0.5, 0.6) is 0 Å². The largest absolute Gasteiger partial charge is 0.328 e. The Morgan fingerprint density at radius 2 is 2.20 bits per heavy atom. The summed E-state index contributed by atoms with van der Waals surface area (Å²) < 4.78 is 2.34. The van der Waals surface area contributed by atoms with Crippen molar-refractivity contribution in [1.82, 2.24) is 9.55 Å². The lowest BCUT2D eigenvalue weighted by molar-refractivity contribution is 0.533. The summed E-state index contributed by atoms with van der Waals surface area (Å²) in [7, 11) is 0. The van der Waals surface area contributed by atoms with Gasteiger partial charge in [-0.3, -0.25) is 0 Å². The van der Waals surface area contributed by atoms with Crippen LogP contribution in [0.2, 0.25) is 5.02 Å². The van der Waals surface area contributed by atoms with Crippen molar-refractivity contribution < 1.29 is 0 Å². The molecule has 0 fully saturated rings. The molecule has 2 heterocycles. The van der Waals surface area contributed by atoms with E-state index in [-0.39, 0.29) is 0 Å². The average Bonchev–Trinajstić information content (AvgIpc) is 2.63. The number of benzene rings is 1. The third kappa shape index (κ3) is 1.28. The molecule has 0 saturated carbocycles. The van der Waals surface area contributed by atoms with Crippen LogP contribution in [-0.2, 0) is 13.0 Å². The number of rotatable bonds is 0. The Bertz CT molecular complexity index is 528. The highest BCUT2D eigenvalue weighted by molar-refractivity contribution is 6.32. The fourth-order valence-electron chi connectivity index (χ4n) is 2.34. The minimum absolute atomic E-state index is 0.818. The van der Waals surface area contributed by atoms with E-state index in [9.17, 15) is 0 Å². The second-order valence-electron chi connectivity index (χ2n) is 4.18. The molecular formula is C12H13ClN2. The molecule has 0 saturated heterocycles. The predicted molar refractivity (Wildman–Crippen MR) is 62.4 cm³/mol. The molecule has 2 aromatic rings. The summed E-state index contributed by atoms with van der Waals surface area (Å²) in [6, 6.07) is 4.06. The van der Waals surface area contributed by atoms with Gasteiger partial charge in [0.25, 0.3) is 0 Å². The van der Waals surface area contributed by atoms with Gasteiger partial charge >= 0.3 is 0 Å². The van der Waals surface area contributed by atoms with Gasteiger partial charge in [-0.15, -0.1) is 0 Å². The van der Waals surface area contributed by atoms with Crippen LogP contribution in [0.25, 0.3) is 11.0 Å². The minimum atomic E-state index is 0.818. The SMILES string of the molecule is Cc1c(Cl)ccc2c1nc1n2CCCC1. The number of halogens is 1. The Morgan fingerprint density at radius 1 is 1.33 bits per heavy atom. The highest BCUT2D eigenvalue weighted by Crippen LogP contribution is 2.28. The second kappa shape index (κ2) is 3.24. The first kappa shape index (κ1) is 9.22.